The van der Waals surface area contributed by atoms with E-state index in [2.05, 4.69) is 25.2 Å². The van der Waals surface area contributed by atoms with Gasteiger partial charge < -0.3 is 5.32 Å². The summed E-state index contributed by atoms with van der Waals surface area (Å²) in [5.74, 6) is 0. The van der Waals surface area contributed by atoms with Gasteiger partial charge in [0, 0.05) is 10.9 Å². The first-order chi connectivity index (χ1) is 6.22. The molecule has 0 aliphatic rings. The van der Waals surface area contributed by atoms with Crippen LogP contribution in [0.1, 0.15) is 25.1 Å². The zero-order valence-electron chi connectivity index (χ0n) is 8.14. The molecule has 0 aliphatic heterocycles. The fraction of sp³-hybridized carbons (Fsp3) is 0.600. The highest BCUT2D eigenvalue weighted by Crippen LogP contribution is 2.22. The van der Waals surface area contributed by atoms with E-state index in [4.69, 9.17) is 11.6 Å². The summed E-state index contributed by atoms with van der Waals surface area (Å²) in [6.07, 6.45) is 2.27. The predicted octanol–water partition coefficient (Wildman–Crippen LogP) is 3.33. The van der Waals surface area contributed by atoms with Crippen molar-refractivity contribution < 1.29 is 0 Å². The lowest BCUT2D eigenvalue weighted by molar-refractivity contribution is 0.546. The van der Waals surface area contributed by atoms with Gasteiger partial charge >= 0.3 is 0 Å². The van der Waals surface area contributed by atoms with E-state index >= 15 is 0 Å². The third kappa shape index (κ3) is 4.12. The van der Waals surface area contributed by atoms with E-state index in [1.807, 2.05) is 6.07 Å². The molecule has 1 nitrogen and oxygen atoms in total. The van der Waals surface area contributed by atoms with Crippen molar-refractivity contribution in [1.82, 2.24) is 5.32 Å². The van der Waals surface area contributed by atoms with Crippen molar-refractivity contribution in [3.05, 3.63) is 21.3 Å². The predicted molar refractivity (Wildman–Crippen MR) is 60.8 cm³/mol. The van der Waals surface area contributed by atoms with Crippen LogP contribution < -0.4 is 5.32 Å². The second kappa shape index (κ2) is 5.63. The summed E-state index contributed by atoms with van der Waals surface area (Å²) in [5, 5.41) is 3.45. The normalized spacial score (nSPS) is 13.2. The van der Waals surface area contributed by atoms with Crippen LogP contribution in [-0.2, 0) is 6.42 Å². The molecule has 0 spiro atoms. The Bertz CT molecular complexity index is 247. The van der Waals surface area contributed by atoms with Crippen LogP contribution in [0.4, 0.5) is 0 Å². The topological polar surface area (TPSA) is 12.0 Å². The Kier molecular flexibility index (Phi) is 4.78. The Hall–Kier alpha value is -0.0500. The monoisotopic (exact) mass is 217 g/mol. The molecular weight excluding hydrogens is 202 g/mol. The SMILES string of the molecule is CCCNC(C)Cc1ccc(Cl)s1. The largest absolute Gasteiger partial charge is 0.314 e. The molecular formula is C10H16ClNS. The van der Waals surface area contributed by atoms with Gasteiger partial charge in [-0.25, -0.2) is 0 Å². The van der Waals surface area contributed by atoms with Gasteiger partial charge in [-0.2, -0.15) is 0 Å². The second-order valence-corrected chi connectivity index (χ2v) is 5.06. The first kappa shape index (κ1) is 11.0. The molecule has 0 aliphatic carbocycles. The van der Waals surface area contributed by atoms with Gasteiger partial charge in [-0.05, 0) is 38.4 Å². The summed E-state index contributed by atoms with van der Waals surface area (Å²) in [6.45, 7) is 5.49. The Morgan fingerprint density at radius 3 is 2.85 bits per heavy atom. The first-order valence-corrected chi connectivity index (χ1v) is 5.89. The minimum atomic E-state index is 0.551. The van der Waals surface area contributed by atoms with Gasteiger partial charge in [0.25, 0.3) is 0 Å². The second-order valence-electron chi connectivity index (χ2n) is 3.27. The van der Waals surface area contributed by atoms with Gasteiger partial charge in [-0.15, -0.1) is 11.3 Å². The van der Waals surface area contributed by atoms with Crippen LogP contribution in [0.2, 0.25) is 4.34 Å². The molecule has 1 N–H and O–H groups in total. The molecule has 1 unspecified atom stereocenters. The lowest BCUT2D eigenvalue weighted by Crippen LogP contribution is -2.28. The smallest absolute Gasteiger partial charge is 0.0931 e. The molecule has 1 rings (SSSR count). The van der Waals surface area contributed by atoms with Gasteiger partial charge in [0.05, 0.1) is 4.34 Å². The first-order valence-electron chi connectivity index (χ1n) is 4.70. The maximum atomic E-state index is 5.85. The van der Waals surface area contributed by atoms with Crippen molar-refractivity contribution >= 4 is 22.9 Å². The van der Waals surface area contributed by atoms with Crippen LogP contribution in [0.5, 0.6) is 0 Å². The quantitative estimate of drug-likeness (QED) is 0.798. The Morgan fingerprint density at radius 2 is 2.31 bits per heavy atom. The maximum absolute atomic E-state index is 5.85. The number of hydrogen-bond acceptors (Lipinski definition) is 2. The molecule has 1 atom stereocenters. The van der Waals surface area contributed by atoms with Crippen LogP contribution in [0.25, 0.3) is 0 Å². The van der Waals surface area contributed by atoms with E-state index in [9.17, 15) is 0 Å². The van der Waals surface area contributed by atoms with Crippen LogP contribution >= 0.6 is 22.9 Å². The zero-order valence-corrected chi connectivity index (χ0v) is 9.71. The van der Waals surface area contributed by atoms with E-state index < -0.39 is 0 Å². The molecule has 74 valence electrons. The number of rotatable bonds is 5. The maximum Gasteiger partial charge on any atom is 0.0931 e. The van der Waals surface area contributed by atoms with E-state index in [0.29, 0.717) is 6.04 Å². The lowest BCUT2D eigenvalue weighted by Gasteiger charge is -2.11. The van der Waals surface area contributed by atoms with E-state index in [-0.39, 0.29) is 0 Å². The molecule has 0 saturated carbocycles. The highest BCUT2D eigenvalue weighted by molar-refractivity contribution is 7.16. The Balaban J connectivity index is 2.31. The van der Waals surface area contributed by atoms with Crippen molar-refractivity contribution in [2.75, 3.05) is 6.54 Å². The van der Waals surface area contributed by atoms with Gasteiger partial charge in [0.2, 0.25) is 0 Å². The fourth-order valence-electron chi connectivity index (χ4n) is 1.23. The number of hydrogen-bond donors (Lipinski definition) is 1. The van der Waals surface area contributed by atoms with Gasteiger partial charge in [-0.3, -0.25) is 0 Å². The number of nitrogens with one attached hydrogen (secondary N) is 1. The zero-order chi connectivity index (χ0) is 9.68. The van der Waals surface area contributed by atoms with E-state index in [1.165, 1.54) is 11.3 Å². The van der Waals surface area contributed by atoms with Crippen molar-refractivity contribution in [2.45, 2.75) is 32.7 Å². The summed E-state index contributed by atoms with van der Waals surface area (Å²) in [7, 11) is 0. The molecule has 0 bridgehead atoms. The van der Waals surface area contributed by atoms with Gasteiger partial charge in [-0.1, -0.05) is 18.5 Å². The molecule has 3 heteroatoms. The summed E-state index contributed by atoms with van der Waals surface area (Å²) < 4.78 is 0.887. The molecule has 0 aromatic carbocycles. The van der Waals surface area contributed by atoms with Gasteiger partial charge in [0.15, 0.2) is 0 Å². The molecule has 1 aromatic rings. The van der Waals surface area contributed by atoms with E-state index in [1.54, 1.807) is 11.3 Å². The third-order valence-corrected chi connectivity index (χ3v) is 3.13. The fourth-order valence-corrected chi connectivity index (χ4v) is 2.44. The Labute approximate surface area is 89.1 Å². The highest BCUT2D eigenvalue weighted by atomic mass is 35.5. The summed E-state index contributed by atoms with van der Waals surface area (Å²) in [5.41, 5.74) is 0. The summed E-state index contributed by atoms with van der Waals surface area (Å²) in [4.78, 5) is 1.36. The number of thiophene rings is 1. The van der Waals surface area contributed by atoms with Crippen molar-refractivity contribution in [3.63, 3.8) is 0 Å². The average molecular weight is 218 g/mol. The average Bonchev–Trinajstić information content (AvgIpc) is 2.48. The molecule has 0 radical (unpaired) electrons. The summed E-state index contributed by atoms with van der Waals surface area (Å²) >= 11 is 7.52. The molecule has 0 amide bonds. The van der Waals surface area contributed by atoms with Gasteiger partial charge in [0.1, 0.15) is 0 Å². The molecule has 0 fully saturated rings. The standard InChI is InChI=1S/C10H16ClNS/c1-3-6-12-8(2)7-9-4-5-10(11)13-9/h4-5,8,12H,3,6-7H2,1-2H3. The molecule has 1 heterocycles. The van der Waals surface area contributed by atoms with Crippen LogP contribution in [0.3, 0.4) is 0 Å². The Morgan fingerprint density at radius 1 is 1.54 bits per heavy atom. The van der Waals surface area contributed by atoms with Crippen molar-refractivity contribution in [3.8, 4) is 0 Å². The molecule has 13 heavy (non-hydrogen) atoms. The van der Waals surface area contributed by atoms with Crippen LogP contribution in [-0.4, -0.2) is 12.6 Å². The van der Waals surface area contributed by atoms with Crippen molar-refractivity contribution in [1.29, 1.82) is 0 Å². The lowest BCUT2D eigenvalue weighted by atomic mass is 10.2. The van der Waals surface area contributed by atoms with Crippen LogP contribution in [0, 0.1) is 0 Å². The highest BCUT2D eigenvalue weighted by Gasteiger charge is 2.04. The summed E-state index contributed by atoms with van der Waals surface area (Å²) in [6, 6.07) is 4.63. The van der Waals surface area contributed by atoms with E-state index in [0.717, 1.165) is 17.3 Å². The minimum Gasteiger partial charge on any atom is -0.314 e. The minimum absolute atomic E-state index is 0.551. The number of halogens is 1. The van der Waals surface area contributed by atoms with Crippen molar-refractivity contribution in [2.24, 2.45) is 0 Å². The molecule has 0 saturated heterocycles. The third-order valence-electron chi connectivity index (χ3n) is 1.88. The molecule has 1 aromatic heterocycles. The van der Waals surface area contributed by atoms with Crippen LogP contribution in [0.15, 0.2) is 12.1 Å².